The molecule has 0 spiro atoms. The van der Waals surface area contributed by atoms with Crippen molar-refractivity contribution in [2.45, 2.75) is 25.2 Å². The number of carbonyl (C=O) groups is 1. The third kappa shape index (κ3) is 6.47. The Balaban J connectivity index is 2.69. The summed E-state index contributed by atoms with van der Waals surface area (Å²) in [6.07, 6.45) is 0.709. The standard InChI is InChI=1S/C16H25ClN2O5S/c1-4-19(5-2)25(21,22)13-7-8-15(14(17)11-13)24-12-16(20)18-9-6-10-23-3/h7-8,11H,4-6,9-10,12H2,1-3H3,(H,18,20). The van der Waals surface area contributed by atoms with Gasteiger partial charge in [0.25, 0.3) is 5.91 Å². The molecule has 1 rings (SSSR count). The molecule has 0 aliphatic rings. The number of rotatable bonds is 11. The van der Waals surface area contributed by atoms with Gasteiger partial charge in [0, 0.05) is 33.4 Å². The number of nitrogens with one attached hydrogen (secondary N) is 1. The third-order valence-electron chi connectivity index (χ3n) is 3.45. The Hall–Kier alpha value is -1.35. The molecule has 0 bridgehead atoms. The summed E-state index contributed by atoms with van der Waals surface area (Å²) in [5, 5.41) is 2.82. The lowest BCUT2D eigenvalue weighted by Gasteiger charge is -2.19. The summed E-state index contributed by atoms with van der Waals surface area (Å²) < 4.78 is 36.5. The largest absolute Gasteiger partial charge is 0.482 e. The topological polar surface area (TPSA) is 84.9 Å². The molecule has 0 saturated carbocycles. The first-order valence-corrected chi connectivity index (χ1v) is 9.86. The van der Waals surface area contributed by atoms with Gasteiger partial charge in [0.05, 0.1) is 9.92 Å². The first-order chi connectivity index (χ1) is 11.9. The van der Waals surface area contributed by atoms with Crippen molar-refractivity contribution in [1.29, 1.82) is 0 Å². The summed E-state index contributed by atoms with van der Waals surface area (Å²) in [4.78, 5) is 11.8. The SMILES string of the molecule is CCN(CC)S(=O)(=O)c1ccc(OCC(=O)NCCCOC)c(Cl)c1. The molecule has 142 valence electrons. The van der Waals surface area contributed by atoms with E-state index in [2.05, 4.69) is 5.32 Å². The summed E-state index contributed by atoms with van der Waals surface area (Å²) in [5.74, 6) is -0.0285. The Morgan fingerprint density at radius 2 is 1.96 bits per heavy atom. The Kier molecular flexibility index (Phi) is 9.20. The van der Waals surface area contributed by atoms with E-state index in [-0.39, 0.29) is 28.2 Å². The number of ether oxygens (including phenoxy) is 2. The number of hydrogen-bond donors (Lipinski definition) is 1. The summed E-state index contributed by atoms with van der Waals surface area (Å²) in [6.45, 7) is 5.14. The highest BCUT2D eigenvalue weighted by atomic mass is 35.5. The molecule has 0 fully saturated rings. The highest BCUT2D eigenvalue weighted by molar-refractivity contribution is 7.89. The molecule has 0 atom stereocenters. The number of sulfonamides is 1. The van der Waals surface area contributed by atoms with Crippen molar-refractivity contribution in [3.8, 4) is 5.75 Å². The molecule has 1 amide bonds. The minimum Gasteiger partial charge on any atom is -0.482 e. The van der Waals surface area contributed by atoms with Crippen LogP contribution in [0, 0.1) is 0 Å². The van der Waals surface area contributed by atoms with Crippen LogP contribution in [-0.2, 0) is 19.6 Å². The molecular formula is C16H25ClN2O5S. The van der Waals surface area contributed by atoms with Gasteiger partial charge in [-0.15, -0.1) is 0 Å². The minimum absolute atomic E-state index is 0.0950. The first kappa shape index (κ1) is 21.7. The summed E-state index contributed by atoms with van der Waals surface area (Å²) >= 11 is 6.10. The van der Waals surface area contributed by atoms with Crippen molar-refractivity contribution in [2.24, 2.45) is 0 Å². The van der Waals surface area contributed by atoms with Crippen LogP contribution in [0.1, 0.15) is 20.3 Å². The number of benzene rings is 1. The van der Waals surface area contributed by atoms with Crippen LogP contribution in [0.3, 0.4) is 0 Å². The molecule has 0 heterocycles. The normalized spacial score (nSPS) is 11.6. The number of halogens is 1. The molecule has 0 aliphatic heterocycles. The molecule has 0 aliphatic carbocycles. The molecule has 9 heteroatoms. The van der Waals surface area contributed by atoms with Gasteiger partial charge >= 0.3 is 0 Å². The van der Waals surface area contributed by atoms with Crippen molar-refractivity contribution >= 4 is 27.5 Å². The van der Waals surface area contributed by atoms with E-state index in [1.807, 2.05) is 0 Å². The van der Waals surface area contributed by atoms with E-state index in [0.29, 0.717) is 32.7 Å². The van der Waals surface area contributed by atoms with E-state index in [1.54, 1.807) is 21.0 Å². The van der Waals surface area contributed by atoms with Gasteiger partial charge in [-0.1, -0.05) is 25.4 Å². The van der Waals surface area contributed by atoms with E-state index in [0.717, 1.165) is 0 Å². The summed E-state index contributed by atoms with van der Waals surface area (Å²) in [5.41, 5.74) is 0. The third-order valence-corrected chi connectivity index (χ3v) is 5.79. The maximum atomic E-state index is 12.4. The zero-order valence-electron chi connectivity index (χ0n) is 14.7. The molecule has 1 aromatic carbocycles. The van der Waals surface area contributed by atoms with E-state index in [1.165, 1.54) is 22.5 Å². The van der Waals surface area contributed by atoms with Gasteiger partial charge in [-0.25, -0.2) is 8.42 Å². The zero-order chi connectivity index (χ0) is 18.9. The maximum absolute atomic E-state index is 12.4. The average Bonchev–Trinajstić information content (AvgIpc) is 2.58. The molecule has 1 N–H and O–H groups in total. The fraction of sp³-hybridized carbons (Fsp3) is 0.562. The van der Waals surface area contributed by atoms with Crippen molar-refractivity contribution < 1.29 is 22.7 Å². The van der Waals surface area contributed by atoms with E-state index in [9.17, 15) is 13.2 Å². The number of amides is 1. The Morgan fingerprint density at radius 1 is 1.28 bits per heavy atom. The molecular weight excluding hydrogens is 368 g/mol. The van der Waals surface area contributed by atoms with Crippen LogP contribution in [0.2, 0.25) is 5.02 Å². The lowest BCUT2D eigenvalue weighted by Crippen LogP contribution is -2.31. The second-order valence-electron chi connectivity index (χ2n) is 5.17. The molecule has 0 aromatic heterocycles. The fourth-order valence-corrected chi connectivity index (χ4v) is 3.89. The Bertz CT molecular complexity index is 662. The summed E-state index contributed by atoms with van der Waals surface area (Å²) in [6, 6.07) is 4.21. The van der Waals surface area contributed by atoms with Gasteiger partial charge in [0.15, 0.2) is 6.61 Å². The Morgan fingerprint density at radius 3 is 2.52 bits per heavy atom. The van der Waals surface area contributed by atoms with Gasteiger partial charge in [0.2, 0.25) is 10.0 Å². The number of hydrogen-bond acceptors (Lipinski definition) is 5. The van der Waals surface area contributed by atoms with E-state index >= 15 is 0 Å². The molecule has 0 radical (unpaired) electrons. The first-order valence-electron chi connectivity index (χ1n) is 8.04. The number of nitrogens with zero attached hydrogens (tertiary/aromatic N) is 1. The number of carbonyl (C=O) groups excluding carboxylic acids is 1. The van der Waals surface area contributed by atoms with Crippen molar-refractivity contribution in [3.63, 3.8) is 0 Å². The predicted octanol–water partition coefficient (Wildman–Crippen LogP) is 1.90. The van der Waals surface area contributed by atoms with Crippen molar-refractivity contribution in [3.05, 3.63) is 23.2 Å². The van der Waals surface area contributed by atoms with Gasteiger partial charge in [0.1, 0.15) is 5.75 Å². The average molecular weight is 393 g/mol. The smallest absolute Gasteiger partial charge is 0.257 e. The number of methoxy groups -OCH3 is 1. The van der Waals surface area contributed by atoms with Crippen LogP contribution in [0.4, 0.5) is 0 Å². The summed E-state index contributed by atoms with van der Waals surface area (Å²) in [7, 11) is -1.99. The van der Waals surface area contributed by atoms with Crippen LogP contribution in [0.5, 0.6) is 5.75 Å². The molecule has 7 nitrogen and oxygen atoms in total. The van der Waals surface area contributed by atoms with Crippen molar-refractivity contribution in [2.75, 3.05) is 40.0 Å². The molecule has 25 heavy (non-hydrogen) atoms. The van der Waals surface area contributed by atoms with Crippen LogP contribution < -0.4 is 10.1 Å². The second-order valence-corrected chi connectivity index (χ2v) is 7.51. The van der Waals surface area contributed by atoms with E-state index in [4.69, 9.17) is 21.1 Å². The predicted molar refractivity (Wildman–Crippen MR) is 96.6 cm³/mol. The molecule has 0 saturated heterocycles. The van der Waals surface area contributed by atoms with Gasteiger partial charge in [-0.2, -0.15) is 4.31 Å². The van der Waals surface area contributed by atoms with Gasteiger partial charge in [-0.3, -0.25) is 4.79 Å². The molecule has 1 aromatic rings. The minimum atomic E-state index is -3.59. The quantitative estimate of drug-likeness (QED) is 0.581. The second kappa shape index (κ2) is 10.6. The Labute approximate surface area is 154 Å². The van der Waals surface area contributed by atoms with Gasteiger partial charge < -0.3 is 14.8 Å². The van der Waals surface area contributed by atoms with Crippen LogP contribution in [-0.4, -0.2) is 58.6 Å². The van der Waals surface area contributed by atoms with Crippen molar-refractivity contribution in [1.82, 2.24) is 9.62 Å². The monoisotopic (exact) mass is 392 g/mol. The van der Waals surface area contributed by atoms with Crippen LogP contribution in [0.25, 0.3) is 0 Å². The highest BCUT2D eigenvalue weighted by Crippen LogP contribution is 2.28. The van der Waals surface area contributed by atoms with E-state index < -0.39 is 10.0 Å². The van der Waals surface area contributed by atoms with Crippen LogP contribution >= 0.6 is 11.6 Å². The lowest BCUT2D eigenvalue weighted by atomic mass is 10.3. The lowest BCUT2D eigenvalue weighted by molar-refractivity contribution is -0.123. The molecule has 0 unspecified atom stereocenters. The van der Waals surface area contributed by atoms with Crippen LogP contribution in [0.15, 0.2) is 23.1 Å². The fourth-order valence-electron chi connectivity index (χ4n) is 2.11. The maximum Gasteiger partial charge on any atom is 0.257 e. The zero-order valence-corrected chi connectivity index (χ0v) is 16.3. The highest BCUT2D eigenvalue weighted by Gasteiger charge is 2.22. The van der Waals surface area contributed by atoms with Gasteiger partial charge in [-0.05, 0) is 24.6 Å².